The van der Waals surface area contributed by atoms with Crippen LogP contribution in [0.5, 0.6) is 0 Å². The third-order valence-electron chi connectivity index (χ3n) is 3.02. The van der Waals surface area contributed by atoms with Crippen molar-refractivity contribution in [1.82, 2.24) is 0 Å². The Balaban J connectivity index is 2.27. The molecule has 2 aromatic rings. The first-order chi connectivity index (χ1) is 10.0. The molecule has 21 heavy (non-hydrogen) atoms. The first-order valence-corrected chi connectivity index (χ1v) is 7.79. The average molecular weight is 368 g/mol. The largest absolute Gasteiger partial charge is 0.385 e. The van der Waals surface area contributed by atoms with Crippen LogP contribution in [0.15, 0.2) is 40.9 Å². The molecule has 2 rings (SSSR count). The van der Waals surface area contributed by atoms with Crippen LogP contribution in [0.3, 0.4) is 0 Å². The highest BCUT2D eigenvalue weighted by molar-refractivity contribution is 9.10. The summed E-state index contributed by atoms with van der Waals surface area (Å²) in [5, 5.41) is 6.58. The molecule has 0 heterocycles. The molecule has 0 radical (unpaired) electrons. The number of aryl methyl sites for hydroxylation is 1. The molecule has 0 aliphatic carbocycles. The highest BCUT2D eigenvalue weighted by Gasteiger charge is 2.12. The van der Waals surface area contributed by atoms with E-state index in [0.29, 0.717) is 10.6 Å². The second kappa shape index (κ2) is 6.96. The molecular formula is C16H16BrClN2O. The Morgan fingerprint density at radius 1 is 1.24 bits per heavy atom. The summed E-state index contributed by atoms with van der Waals surface area (Å²) in [6.07, 6.45) is 0. The molecule has 0 fully saturated rings. The molecule has 0 atom stereocenters. The summed E-state index contributed by atoms with van der Waals surface area (Å²) in [6.45, 7) is 4.71. The number of nitrogens with one attached hydrogen (secondary N) is 2. The zero-order valence-corrected chi connectivity index (χ0v) is 14.2. The number of hydrogen-bond acceptors (Lipinski definition) is 2. The Hall–Kier alpha value is -1.52. The molecule has 0 bridgehead atoms. The summed E-state index contributed by atoms with van der Waals surface area (Å²) in [6, 6.07) is 10.9. The quantitative estimate of drug-likeness (QED) is 0.790. The number of anilines is 2. The lowest BCUT2D eigenvalue weighted by atomic mass is 10.1. The summed E-state index contributed by atoms with van der Waals surface area (Å²) in [7, 11) is 0. The van der Waals surface area contributed by atoms with Crippen molar-refractivity contribution in [1.29, 1.82) is 0 Å². The maximum atomic E-state index is 12.4. The number of hydrogen-bond donors (Lipinski definition) is 2. The standard InChI is InChI=1S/C16H16BrClN2O/c1-3-19-15-7-5-11(18)8-13(15)16(21)20-12-6-4-10(2)14(17)9-12/h4-9,19H,3H2,1-2H3,(H,20,21). The molecule has 0 unspecified atom stereocenters. The number of amides is 1. The second-order valence-electron chi connectivity index (χ2n) is 4.64. The Kier molecular flexibility index (Phi) is 5.26. The van der Waals surface area contributed by atoms with E-state index >= 15 is 0 Å². The van der Waals surface area contributed by atoms with Crippen LogP contribution in [0, 0.1) is 6.92 Å². The molecule has 5 heteroatoms. The molecule has 2 N–H and O–H groups in total. The van der Waals surface area contributed by atoms with Crippen LogP contribution >= 0.6 is 27.5 Å². The van der Waals surface area contributed by atoms with Crippen LogP contribution in [0.4, 0.5) is 11.4 Å². The van der Waals surface area contributed by atoms with Gasteiger partial charge in [0.1, 0.15) is 0 Å². The first-order valence-electron chi connectivity index (χ1n) is 6.62. The monoisotopic (exact) mass is 366 g/mol. The van der Waals surface area contributed by atoms with Gasteiger partial charge in [0.15, 0.2) is 0 Å². The van der Waals surface area contributed by atoms with Gasteiger partial charge in [-0.25, -0.2) is 0 Å². The molecule has 1 amide bonds. The number of benzene rings is 2. The van der Waals surface area contributed by atoms with Crippen molar-refractivity contribution >= 4 is 44.8 Å². The molecular weight excluding hydrogens is 352 g/mol. The van der Waals surface area contributed by atoms with E-state index in [4.69, 9.17) is 11.6 Å². The van der Waals surface area contributed by atoms with Gasteiger partial charge in [-0.15, -0.1) is 0 Å². The van der Waals surface area contributed by atoms with E-state index in [9.17, 15) is 4.79 Å². The molecule has 0 spiro atoms. The lowest BCUT2D eigenvalue weighted by molar-refractivity contribution is 0.102. The molecule has 0 saturated heterocycles. The minimum atomic E-state index is -0.191. The number of halogens is 2. The van der Waals surface area contributed by atoms with Crippen molar-refractivity contribution in [2.75, 3.05) is 17.2 Å². The number of rotatable bonds is 4. The topological polar surface area (TPSA) is 41.1 Å². The van der Waals surface area contributed by atoms with E-state index in [1.54, 1.807) is 12.1 Å². The second-order valence-corrected chi connectivity index (χ2v) is 5.93. The van der Waals surface area contributed by atoms with Crippen molar-refractivity contribution < 1.29 is 4.79 Å². The maximum Gasteiger partial charge on any atom is 0.257 e. The average Bonchev–Trinajstić information content (AvgIpc) is 2.45. The lowest BCUT2D eigenvalue weighted by Crippen LogP contribution is -2.15. The van der Waals surface area contributed by atoms with E-state index in [2.05, 4.69) is 26.6 Å². The van der Waals surface area contributed by atoms with Gasteiger partial charge < -0.3 is 10.6 Å². The van der Waals surface area contributed by atoms with Crippen LogP contribution < -0.4 is 10.6 Å². The summed E-state index contributed by atoms with van der Waals surface area (Å²) in [5.41, 5.74) is 3.15. The van der Waals surface area contributed by atoms with Gasteiger partial charge in [0.25, 0.3) is 5.91 Å². The van der Waals surface area contributed by atoms with Gasteiger partial charge in [0.05, 0.1) is 5.56 Å². The third kappa shape index (κ3) is 3.99. The van der Waals surface area contributed by atoms with Crippen molar-refractivity contribution in [2.24, 2.45) is 0 Å². The molecule has 3 nitrogen and oxygen atoms in total. The van der Waals surface area contributed by atoms with E-state index in [1.165, 1.54) is 0 Å². The predicted molar refractivity (Wildman–Crippen MR) is 92.4 cm³/mol. The normalized spacial score (nSPS) is 10.3. The Labute approximate surface area is 137 Å². The summed E-state index contributed by atoms with van der Waals surface area (Å²) in [4.78, 5) is 12.4. The highest BCUT2D eigenvalue weighted by Crippen LogP contribution is 2.24. The molecule has 2 aromatic carbocycles. The molecule has 0 saturated carbocycles. The van der Waals surface area contributed by atoms with E-state index in [-0.39, 0.29) is 5.91 Å². The Bertz CT molecular complexity index is 673. The van der Waals surface area contributed by atoms with Crippen molar-refractivity contribution in [3.63, 3.8) is 0 Å². The van der Waals surface area contributed by atoms with Gasteiger partial charge in [-0.05, 0) is 49.7 Å². The highest BCUT2D eigenvalue weighted by atomic mass is 79.9. The van der Waals surface area contributed by atoms with Crippen LogP contribution in [0.2, 0.25) is 5.02 Å². The third-order valence-corrected chi connectivity index (χ3v) is 4.11. The van der Waals surface area contributed by atoms with Gasteiger partial charge in [-0.1, -0.05) is 33.6 Å². The van der Waals surface area contributed by atoms with E-state index in [0.717, 1.165) is 28.0 Å². The van der Waals surface area contributed by atoms with Crippen molar-refractivity contribution in [3.05, 3.63) is 57.0 Å². The minimum absolute atomic E-state index is 0.191. The molecule has 0 aliphatic rings. The Morgan fingerprint density at radius 3 is 2.67 bits per heavy atom. The summed E-state index contributed by atoms with van der Waals surface area (Å²) < 4.78 is 0.957. The van der Waals surface area contributed by atoms with Crippen molar-refractivity contribution in [2.45, 2.75) is 13.8 Å². The number of carbonyl (C=O) groups excluding carboxylic acids is 1. The lowest BCUT2D eigenvalue weighted by Gasteiger charge is -2.12. The smallest absolute Gasteiger partial charge is 0.257 e. The summed E-state index contributed by atoms with van der Waals surface area (Å²) in [5.74, 6) is -0.191. The fourth-order valence-electron chi connectivity index (χ4n) is 1.92. The fourth-order valence-corrected chi connectivity index (χ4v) is 2.47. The number of carbonyl (C=O) groups is 1. The van der Waals surface area contributed by atoms with Gasteiger partial charge in [0, 0.05) is 27.4 Å². The van der Waals surface area contributed by atoms with Crippen LogP contribution in [-0.2, 0) is 0 Å². The van der Waals surface area contributed by atoms with Gasteiger partial charge >= 0.3 is 0 Å². The SMILES string of the molecule is CCNc1ccc(Cl)cc1C(=O)Nc1ccc(C)c(Br)c1. The molecule has 0 aliphatic heterocycles. The fraction of sp³-hybridized carbons (Fsp3) is 0.188. The maximum absolute atomic E-state index is 12.4. The van der Waals surface area contributed by atoms with E-state index in [1.807, 2.05) is 38.1 Å². The van der Waals surface area contributed by atoms with E-state index < -0.39 is 0 Å². The molecule has 110 valence electrons. The van der Waals surface area contributed by atoms with Gasteiger partial charge in [-0.2, -0.15) is 0 Å². The Morgan fingerprint density at radius 2 is 2.00 bits per heavy atom. The predicted octanol–water partition coefficient (Wildman–Crippen LogP) is 5.10. The van der Waals surface area contributed by atoms with Crippen molar-refractivity contribution in [3.8, 4) is 0 Å². The van der Waals surface area contributed by atoms with Crippen LogP contribution in [-0.4, -0.2) is 12.5 Å². The van der Waals surface area contributed by atoms with Crippen LogP contribution in [0.1, 0.15) is 22.8 Å². The van der Waals surface area contributed by atoms with Gasteiger partial charge in [-0.3, -0.25) is 4.79 Å². The van der Waals surface area contributed by atoms with Gasteiger partial charge in [0.2, 0.25) is 0 Å². The minimum Gasteiger partial charge on any atom is -0.385 e. The first kappa shape index (κ1) is 15.9. The zero-order chi connectivity index (χ0) is 15.4. The summed E-state index contributed by atoms with van der Waals surface area (Å²) >= 11 is 9.45. The van der Waals surface area contributed by atoms with Crippen LogP contribution in [0.25, 0.3) is 0 Å². The zero-order valence-electron chi connectivity index (χ0n) is 11.8. The molecule has 0 aromatic heterocycles.